The lowest BCUT2D eigenvalue weighted by Crippen LogP contribution is -2.19. The van der Waals surface area contributed by atoms with Crippen LogP contribution >= 0.6 is 11.6 Å². The summed E-state index contributed by atoms with van der Waals surface area (Å²) in [5.74, 6) is 0.590. The molecule has 0 radical (unpaired) electrons. The zero-order valence-electron chi connectivity index (χ0n) is 14.8. The van der Waals surface area contributed by atoms with Crippen LogP contribution in [0.15, 0.2) is 48.5 Å². The van der Waals surface area contributed by atoms with Crippen LogP contribution in [0.5, 0.6) is 5.75 Å². The highest BCUT2D eigenvalue weighted by Gasteiger charge is 2.03. The van der Waals surface area contributed by atoms with E-state index in [2.05, 4.69) is 10.2 Å². The third-order valence-corrected chi connectivity index (χ3v) is 3.81. The molecule has 0 saturated carbocycles. The summed E-state index contributed by atoms with van der Waals surface area (Å²) in [6.45, 7) is 3.45. The van der Waals surface area contributed by atoms with Gasteiger partial charge < -0.3 is 15.0 Å². The number of nitrogens with zero attached hydrogens (tertiary/aromatic N) is 1. The van der Waals surface area contributed by atoms with Gasteiger partial charge in [0, 0.05) is 12.6 Å². The van der Waals surface area contributed by atoms with Crippen LogP contribution in [-0.4, -0.2) is 38.1 Å². The molecule has 2 aromatic carbocycles. The molecule has 0 bridgehead atoms. The number of anilines is 1. The van der Waals surface area contributed by atoms with Gasteiger partial charge in [-0.25, -0.2) is 0 Å². The maximum Gasteiger partial charge on any atom is 0.248 e. The number of halogens is 1. The third-order valence-electron chi connectivity index (χ3n) is 3.50. The van der Waals surface area contributed by atoms with Gasteiger partial charge in [0.15, 0.2) is 0 Å². The number of ether oxygens (including phenoxy) is 1. The molecule has 0 unspecified atom stereocenters. The minimum Gasteiger partial charge on any atom is -0.492 e. The monoisotopic (exact) mass is 358 g/mol. The summed E-state index contributed by atoms with van der Waals surface area (Å²) in [5.41, 5.74) is 2.57. The van der Waals surface area contributed by atoms with E-state index in [4.69, 9.17) is 16.3 Å². The molecule has 0 aliphatic rings. The number of rotatable bonds is 7. The molecule has 0 atom stereocenters. The first-order valence-electron chi connectivity index (χ1n) is 8.07. The second-order valence-corrected chi connectivity index (χ2v) is 6.43. The number of hydrogen-bond donors (Lipinski definition) is 1. The highest BCUT2D eigenvalue weighted by molar-refractivity contribution is 6.33. The highest BCUT2D eigenvalue weighted by Crippen LogP contribution is 2.22. The first-order chi connectivity index (χ1) is 11.9. The van der Waals surface area contributed by atoms with Gasteiger partial charge in [-0.3, -0.25) is 4.79 Å². The number of benzene rings is 2. The molecule has 0 aliphatic carbocycles. The Bertz CT molecular complexity index is 740. The van der Waals surface area contributed by atoms with Crippen LogP contribution in [0.1, 0.15) is 11.1 Å². The lowest BCUT2D eigenvalue weighted by molar-refractivity contribution is -0.111. The third kappa shape index (κ3) is 6.61. The fourth-order valence-corrected chi connectivity index (χ4v) is 2.37. The normalized spacial score (nSPS) is 11.1. The molecule has 0 aromatic heterocycles. The summed E-state index contributed by atoms with van der Waals surface area (Å²) in [6, 6.07) is 13.1. The Morgan fingerprint density at radius 1 is 1.20 bits per heavy atom. The first kappa shape index (κ1) is 19.0. The minimum absolute atomic E-state index is 0.225. The number of carbonyl (C=O) groups excluding carboxylic acids is 1. The van der Waals surface area contributed by atoms with Crippen molar-refractivity contribution in [3.63, 3.8) is 0 Å². The maximum absolute atomic E-state index is 12.0. The summed E-state index contributed by atoms with van der Waals surface area (Å²) in [5, 5.41) is 3.30. The number of nitrogens with one attached hydrogen (secondary N) is 1. The quantitative estimate of drug-likeness (QED) is 0.753. The molecule has 4 nitrogen and oxygen atoms in total. The van der Waals surface area contributed by atoms with Crippen LogP contribution in [0.3, 0.4) is 0 Å². The first-order valence-corrected chi connectivity index (χ1v) is 8.44. The zero-order chi connectivity index (χ0) is 18.2. The van der Waals surface area contributed by atoms with Crippen molar-refractivity contribution in [1.29, 1.82) is 0 Å². The van der Waals surface area contributed by atoms with Gasteiger partial charge in [-0.2, -0.15) is 0 Å². The number of hydrogen-bond acceptors (Lipinski definition) is 3. The molecule has 2 rings (SSSR count). The van der Waals surface area contributed by atoms with Gasteiger partial charge in [0.1, 0.15) is 12.4 Å². The predicted octanol–water partition coefficient (Wildman–Crippen LogP) is 4.24. The molecule has 5 heteroatoms. The maximum atomic E-state index is 12.0. The van der Waals surface area contributed by atoms with Gasteiger partial charge in [0.05, 0.1) is 10.7 Å². The zero-order valence-corrected chi connectivity index (χ0v) is 15.5. The SMILES string of the molecule is Cc1ccc(NC(=O)C=Cc2ccc(OCCN(C)C)cc2)c(Cl)c1. The molecular weight excluding hydrogens is 336 g/mol. The molecule has 0 heterocycles. The summed E-state index contributed by atoms with van der Waals surface area (Å²) >= 11 is 6.11. The summed E-state index contributed by atoms with van der Waals surface area (Å²) in [4.78, 5) is 14.1. The number of aryl methyl sites for hydroxylation is 1. The standard InChI is InChI=1S/C20H23ClN2O2/c1-15-4-10-19(18(21)14-15)22-20(24)11-7-16-5-8-17(9-6-16)25-13-12-23(2)3/h4-11,14H,12-13H2,1-3H3,(H,22,24). The van der Waals surface area contributed by atoms with Crippen LogP contribution in [-0.2, 0) is 4.79 Å². The van der Waals surface area contributed by atoms with Crippen LogP contribution in [0.2, 0.25) is 5.02 Å². The van der Waals surface area contributed by atoms with E-state index in [9.17, 15) is 4.79 Å². The Morgan fingerprint density at radius 2 is 1.92 bits per heavy atom. The molecule has 0 spiro atoms. The van der Waals surface area contributed by atoms with E-state index in [-0.39, 0.29) is 5.91 Å². The second kappa shape index (κ2) is 9.25. The van der Waals surface area contributed by atoms with Crippen molar-refractivity contribution in [1.82, 2.24) is 4.90 Å². The largest absolute Gasteiger partial charge is 0.492 e. The van der Waals surface area contributed by atoms with E-state index < -0.39 is 0 Å². The Kier molecular flexibility index (Phi) is 7.04. The van der Waals surface area contributed by atoms with Crippen molar-refractivity contribution >= 4 is 29.3 Å². The fraction of sp³-hybridized carbons (Fsp3) is 0.250. The number of carbonyl (C=O) groups is 1. The minimum atomic E-state index is -0.225. The van der Waals surface area contributed by atoms with E-state index in [1.54, 1.807) is 12.1 Å². The van der Waals surface area contributed by atoms with E-state index in [0.29, 0.717) is 17.3 Å². The molecular formula is C20H23ClN2O2. The Morgan fingerprint density at radius 3 is 2.56 bits per heavy atom. The number of amides is 1. The highest BCUT2D eigenvalue weighted by atomic mass is 35.5. The lowest BCUT2D eigenvalue weighted by Gasteiger charge is -2.10. The van der Waals surface area contributed by atoms with E-state index >= 15 is 0 Å². The molecule has 132 valence electrons. The van der Waals surface area contributed by atoms with Crippen molar-refractivity contribution in [2.75, 3.05) is 32.6 Å². The average molecular weight is 359 g/mol. The van der Waals surface area contributed by atoms with Gasteiger partial charge in [-0.15, -0.1) is 0 Å². The Labute approximate surface area is 154 Å². The number of likely N-dealkylation sites (N-methyl/N-ethyl adjacent to an activating group) is 1. The Balaban J connectivity index is 1.89. The predicted molar refractivity (Wildman–Crippen MR) is 104 cm³/mol. The van der Waals surface area contributed by atoms with Crippen molar-refractivity contribution in [2.45, 2.75) is 6.92 Å². The van der Waals surface area contributed by atoms with Gasteiger partial charge >= 0.3 is 0 Å². The lowest BCUT2D eigenvalue weighted by atomic mass is 10.2. The van der Waals surface area contributed by atoms with Crippen LogP contribution in [0.4, 0.5) is 5.69 Å². The second-order valence-electron chi connectivity index (χ2n) is 6.03. The van der Waals surface area contributed by atoms with Gasteiger partial charge in [0.25, 0.3) is 0 Å². The molecule has 0 saturated heterocycles. The smallest absolute Gasteiger partial charge is 0.248 e. The molecule has 25 heavy (non-hydrogen) atoms. The van der Waals surface area contributed by atoms with Crippen LogP contribution in [0.25, 0.3) is 6.08 Å². The van der Waals surface area contributed by atoms with E-state index in [1.165, 1.54) is 6.08 Å². The Hall–Kier alpha value is -2.30. The molecule has 1 amide bonds. The van der Waals surface area contributed by atoms with Crippen molar-refractivity contribution < 1.29 is 9.53 Å². The van der Waals surface area contributed by atoms with Crippen molar-refractivity contribution in [3.05, 3.63) is 64.7 Å². The van der Waals surface area contributed by atoms with E-state index in [0.717, 1.165) is 23.4 Å². The summed E-state index contributed by atoms with van der Waals surface area (Å²) in [7, 11) is 4.01. The van der Waals surface area contributed by atoms with Gasteiger partial charge in [-0.05, 0) is 62.5 Å². The average Bonchev–Trinajstić information content (AvgIpc) is 2.56. The van der Waals surface area contributed by atoms with Crippen LogP contribution < -0.4 is 10.1 Å². The van der Waals surface area contributed by atoms with E-state index in [1.807, 2.05) is 57.4 Å². The summed E-state index contributed by atoms with van der Waals surface area (Å²) in [6.07, 6.45) is 3.24. The fourth-order valence-electron chi connectivity index (χ4n) is 2.09. The van der Waals surface area contributed by atoms with Crippen molar-refractivity contribution in [2.24, 2.45) is 0 Å². The van der Waals surface area contributed by atoms with Crippen LogP contribution in [0, 0.1) is 6.92 Å². The molecule has 0 fully saturated rings. The molecule has 2 aromatic rings. The topological polar surface area (TPSA) is 41.6 Å². The summed E-state index contributed by atoms with van der Waals surface area (Å²) < 4.78 is 5.64. The van der Waals surface area contributed by atoms with Gasteiger partial charge in [0.2, 0.25) is 5.91 Å². The molecule has 1 N–H and O–H groups in total. The molecule has 0 aliphatic heterocycles. The van der Waals surface area contributed by atoms with Crippen molar-refractivity contribution in [3.8, 4) is 5.75 Å². The van der Waals surface area contributed by atoms with Gasteiger partial charge in [-0.1, -0.05) is 29.8 Å².